The standard InChI is InChI=1S/C31H34N8/c1-32-27-20-34-19-25(22-7-8-22)30(27)31(39(2)24-12-14-33-15-13-24)36-18-21-11-16-35-29(17-21)38-28-10-9-23-5-3-4-6-26(23)37-28/h3-6,9-11,16-17,19-20,22,24,33H,1,7-8,12-15,18H2,2H3,(H,35,37,38)/b36-31+. The fourth-order valence-corrected chi connectivity index (χ4v) is 5.34. The number of pyridine rings is 3. The smallest absolute Gasteiger partial charge is 0.133 e. The van der Waals surface area contributed by atoms with Gasteiger partial charge in [-0.15, -0.1) is 0 Å². The quantitative estimate of drug-likeness (QED) is 0.233. The van der Waals surface area contributed by atoms with Gasteiger partial charge in [-0.3, -0.25) is 15.0 Å². The molecule has 198 valence electrons. The van der Waals surface area contributed by atoms with E-state index in [1.54, 1.807) is 0 Å². The average Bonchev–Trinajstić information content (AvgIpc) is 3.83. The van der Waals surface area contributed by atoms with Gasteiger partial charge in [0.25, 0.3) is 0 Å². The van der Waals surface area contributed by atoms with Gasteiger partial charge in [0, 0.05) is 36.4 Å². The Morgan fingerprint density at radius 1 is 1.05 bits per heavy atom. The Kier molecular flexibility index (Phi) is 7.27. The minimum atomic E-state index is 0.413. The van der Waals surface area contributed by atoms with Gasteiger partial charge in [-0.25, -0.2) is 9.97 Å². The second-order valence-electron chi connectivity index (χ2n) is 10.4. The third-order valence-corrected chi connectivity index (χ3v) is 7.65. The van der Waals surface area contributed by atoms with Gasteiger partial charge in [-0.1, -0.05) is 18.2 Å². The molecule has 0 radical (unpaired) electrons. The van der Waals surface area contributed by atoms with E-state index in [4.69, 9.17) is 9.98 Å². The highest BCUT2D eigenvalue weighted by molar-refractivity contribution is 6.04. The maximum atomic E-state index is 5.24. The van der Waals surface area contributed by atoms with Crippen molar-refractivity contribution < 1.29 is 0 Å². The van der Waals surface area contributed by atoms with Crippen LogP contribution in [0.2, 0.25) is 0 Å². The number of para-hydroxylation sites is 1. The molecule has 0 atom stereocenters. The third kappa shape index (κ3) is 5.66. The molecule has 0 bridgehead atoms. The van der Waals surface area contributed by atoms with Gasteiger partial charge in [0.2, 0.25) is 0 Å². The van der Waals surface area contributed by atoms with Gasteiger partial charge in [0.1, 0.15) is 17.5 Å². The van der Waals surface area contributed by atoms with Crippen molar-refractivity contribution in [3.8, 4) is 0 Å². The summed E-state index contributed by atoms with van der Waals surface area (Å²) in [5.41, 5.74) is 5.14. The lowest BCUT2D eigenvalue weighted by molar-refractivity contribution is 0.289. The van der Waals surface area contributed by atoms with E-state index < -0.39 is 0 Å². The summed E-state index contributed by atoms with van der Waals surface area (Å²) in [5.74, 6) is 3.00. The van der Waals surface area contributed by atoms with Crippen molar-refractivity contribution in [2.24, 2.45) is 9.98 Å². The Morgan fingerprint density at radius 2 is 1.90 bits per heavy atom. The highest BCUT2D eigenvalue weighted by Crippen LogP contribution is 2.44. The molecule has 3 aromatic heterocycles. The van der Waals surface area contributed by atoms with Crippen molar-refractivity contribution in [3.05, 3.63) is 83.8 Å². The predicted molar refractivity (Wildman–Crippen MR) is 159 cm³/mol. The number of aliphatic imine (C=N–C) groups is 2. The minimum absolute atomic E-state index is 0.413. The number of anilines is 2. The van der Waals surface area contributed by atoms with Crippen molar-refractivity contribution in [1.82, 2.24) is 25.2 Å². The summed E-state index contributed by atoms with van der Waals surface area (Å²) in [7, 11) is 2.17. The number of piperidine rings is 1. The zero-order chi connectivity index (χ0) is 26.6. The first-order chi connectivity index (χ1) is 19.2. The highest BCUT2D eigenvalue weighted by Gasteiger charge is 2.32. The van der Waals surface area contributed by atoms with Gasteiger partial charge in [-0.2, -0.15) is 0 Å². The molecule has 1 aliphatic heterocycles. The largest absolute Gasteiger partial charge is 0.356 e. The van der Waals surface area contributed by atoms with Crippen LogP contribution in [0.4, 0.5) is 17.3 Å². The number of nitrogens with zero attached hydrogens (tertiary/aromatic N) is 6. The van der Waals surface area contributed by atoms with Gasteiger partial charge in [0.15, 0.2) is 0 Å². The summed E-state index contributed by atoms with van der Waals surface area (Å²) in [4.78, 5) is 25.7. The van der Waals surface area contributed by atoms with Gasteiger partial charge in [-0.05, 0) is 92.9 Å². The zero-order valence-corrected chi connectivity index (χ0v) is 22.3. The molecule has 6 rings (SSSR count). The number of amidine groups is 1. The van der Waals surface area contributed by atoms with Crippen LogP contribution in [-0.4, -0.2) is 58.6 Å². The van der Waals surface area contributed by atoms with Crippen molar-refractivity contribution in [2.75, 3.05) is 25.5 Å². The Morgan fingerprint density at radius 3 is 2.72 bits per heavy atom. The van der Waals surface area contributed by atoms with Crippen LogP contribution in [0.5, 0.6) is 0 Å². The molecule has 2 fully saturated rings. The van der Waals surface area contributed by atoms with Crippen molar-refractivity contribution in [3.63, 3.8) is 0 Å². The van der Waals surface area contributed by atoms with Gasteiger partial charge >= 0.3 is 0 Å². The number of rotatable bonds is 8. The molecule has 1 saturated heterocycles. The number of hydrogen-bond donors (Lipinski definition) is 2. The molecular weight excluding hydrogens is 484 g/mol. The summed E-state index contributed by atoms with van der Waals surface area (Å²) in [5, 5.41) is 7.95. The molecule has 8 heteroatoms. The Hall–Kier alpha value is -4.17. The molecular formula is C31H34N8. The topological polar surface area (TPSA) is 90.7 Å². The van der Waals surface area contributed by atoms with Crippen molar-refractivity contribution in [1.29, 1.82) is 0 Å². The SMILES string of the molecule is C=Nc1cncc(C2CC2)c1/C(=N\Cc1ccnc(Nc2ccc3ccccc3n2)c1)N(C)C1CCNCC1. The monoisotopic (exact) mass is 518 g/mol. The van der Waals surface area contributed by atoms with E-state index in [2.05, 4.69) is 56.4 Å². The molecule has 1 aliphatic carbocycles. The summed E-state index contributed by atoms with van der Waals surface area (Å²) < 4.78 is 0. The molecule has 0 spiro atoms. The van der Waals surface area contributed by atoms with E-state index in [0.717, 1.165) is 71.1 Å². The molecule has 0 amide bonds. The van der Waals surface area contributed by atoms with Crippen LogP contribution in [0.15, 0.2) is 77.1 Å². The average molecular weight is 519 g/mol. The highest BCUT2D eigenvalue weighted by atomic mass is 15.2. The van der Waals surface area contributed by atoms with Crippen LogP contribution in [0.3, 0.4) is 0 Å². The predicted octanol–water partition coefficient (Wildman–Crippen LogP) is 5.61. The fraction of sp³-hybridized carbons (Fsp3) is 0.323. The van der Waals surface area contributed by atoms with E-state index in [1.165, 1.54) is 18.4 Å². The lowest BCUT2D eigenvalue weighted by Crippen LogP contribution is -2.44. The molecule has 2 aliphatic rings. The second kappa shape index (κ2) is 11.3. The lowest BCUT2D eigenvalue weighted by Gasteiger charge is -2.35. The first-order valence-corrected chi connectivity index (χ1v) is 13.7. The Labute approximate surface area is 229 Å². The maximum absolute atomic E-state index is 5.24. The van der Waals surface area contributed by atoms with E-state index >= 15 is 0 Å². The Bertz CT molecular complexity index is 1500. The summed E-state index contributed by atoms with van der Waals surface area (Å²) in [6.07, 6.45) is 10.2. The van der Waals surface area contributed by atoms with Crippen LogP contribution in [0.25, 0.3) is 10.9 Å². The summed E-state index contributed by atoms with van der Waals surface area (Å²) in [6.45, 7) is 6.42. The zero-order valence-electron chi connectivity index (χ0n) is 22.3. The van der Waals surface area contributed by atoms with Gasteiger partial charge in [0.05, 0.1) is 23.9 Å². The van der Waals surface area contributed by atoms with Crippen molar-refractivity contribution >= 4 is 40.8 Å². The lowest BCUT2D eigenvalue weighted by atomic mass is 9.99. The first kappa shape index (κ1) is 25.1. The molecule has 4 heterocycles. The number of fused-ring (bicyclic) bond motifs is 1. The third-order valence-electron chi connectivity index (χ3n) is 7.65. The summed E-state index contributed by atoms with van der Waals surface area (Å²) >= 11 is 0. The Balaban J connectivity index is 1.31. The fourth-order valence-electron chi connectivity index (χ4n) is 5.34. The number of aromatic nitrogens is 3. The van der Waals surface area contributed by atoms with Crippen LogP contribution < -0.4 is 10.6 Å². The van der Waals surface area contributed by atoms with E-state index in [1.807, 2.05) is 55.0 Å². The minimum Gasteiger partial charge on any atom is -0.356 e. The molecule has 0 unspecified atom stereocenters. The number of benzene rings is 1. The maximum Gasteiger partial charge on any atom is 0.133 e. The molecule has 8 nitrogen and oxygen atoms in total. The summed E-state index contributed by atoms with van der Waals surface area (Å²) in [6, 6.07) is 16.6. The molecule has 1 aromatic carbocycles. The van der Waals surface area contributed by atoms with Crippen LogP contribution in [0.1, 0.15) is 48.3 Å². The van der Waals surface area contributed by atoms with E-state index in [0.29, 0.717) is 18.5 Å². The molecule has 2 N–H and O–H groups in total. The molecule has 4 aromatic rings. The van der Waals surface area contributed by atoms with Crippen LogP contribution in [-0.2, 0) is 6.54 Å². The van der Waals surface area contributed by atoms with Crippen molar-refractivity contribution in [2.45, 2.75) is 44.2 Å². The normalized spacial score (nSPS) is 16.3. The number of hydrogen-bond acceptors (Lipinski definition) is 7. The van der Waals surface area contributed by atoms with Gasteiger partial charge < -0.3 is 15.5 Å². The number of nitrogens with one attached hydrogen (secondary N) is 2. The molecule has 39 heavy (non-hydrogen) atoms. The first-order valence-electron chi connectivity index (χ1n) is 13.7. The van der Waals surface area contributed by atoms with Crippen LogP contribution >= 0.6 is 0 Å². The van der Waals surface area contributed by atoms with E-state index in [9.17, 15) is 0 Å². The molecule has 1 saturated carbocycles. The van der Waals surface area contributed by atoms with Crippen LogP contribution in [0, 0.1) is 0 Å². The van der Waals surface area contributed by atoms with E-state index in [-0.39, 0.29) is 0 Å². The second-order valence-corrected chi connectivity index (χ2v) is 10.4.